The Kier molecular flexibility index (Phi) is 6.41. The first kappa shape index (κ1) is 23.6. The molecule has 162 valence electrons. The van der Waals surface area contributed by atoms with Gasteiger partial charge in [-0.05, 0) is 39.2 Å². The summed E-state index contributed by atoms with van der Waals surface area (Å²) in [5.41, 5.74) is -0.140. The maximum atomic E-state index is 12.6. The van der Waals surface area contributed by atoms with Gasteiger partial charge in [-0.15, -0.1) is 0 Å². The average molecular weight is 450 g/mol. The molecular weight excluding hydrogens is 426 g/mol. The van der Waals surface area contributed by atoms with Crippen LogP contribution in [0.5, 0.6) is 11.5 Å². The Morgan fingerprint density at radius 1 is 1.24 bits per heavy atom. The second-order valence-corrected chi connectivity index (χ2v) is 10.9. The maximum absolute atomic E-state index is 12.6. The van der Waals surface area contributed by atoms with Crippen molar-refractivity contribution in [2.45, 2.75) is 45.1 Å². The topological polar surface area (TPSA) is 171 Å². The normalized spacial score (nSPS) is 15.3. The molecule has 12 heteroatoms. The minimum Gasteiger partial charge on any atom is -0.507 e. The van der Waals surface area contributed by atoms with E-state index in [2.05, 4.69) is 0 Å². The molecule has 0 amide bonds. The van der Waals surface area contributed by atoms with Gasteiger partial charge in [-0.2, -0.15) is 0 Å². The van der Waals surface area contributed by atoms with E-state index < -0.39 is 43.8 Å². The number of phenols is 1. The van der Waals surface area contributed by atoms with E-state index in [1.165, 1.54) is 6.92 Å². The lowest BCUT2D eigenvalue weighted by Gasteiger charge is -2.37. The molecule has 0 spiro atoms. The molecule has 0 bridgehead atoms. The smallest absolute Gasteiger partial charge is 0.348 e. The van der Waals surface area contributed by atoms with Gasteiger partial charge in [0.2, 0.25) is 4.90 Å². The zero-order valence-corrected chi connectivity index (χ0v) is 18.2. The number of esters is 1. The monoisotopic (exact) mass is 450 g/mol. The molecule has 0 fully saturated rings. The molecule has 29 heavy (non-hydrogen) atoms. The first-order valence-electron chi connectivity index (χ1n) is 8.57. The fraction of sp³-hybridized carbons (Fsp3) is 0.471. The van der Waals surface area contributed by atoms with Crippen molar-refractivity contribution in [3.63, 3.8) is 0 Å². The molecule has 1 aromatic carbocycles. The molecule has 10 nitrogen and oxygen atoms in total. The van der Waals surface area contributed by atoms with Gasteiger partial charge in [0.15, 0.2) is 0 Å². The number of methoxy groups -OCH3 is 1. The van der Waals surface area contributed by atoms with Crippen molar-refractivity contribution >= 4 is 21.2 Å². The van der Waals surface area contributed by atoms with Crippen LogP contribution in [0, 0.1) is 6.92 Å². The molecule has 0 radical (unpaired) electrons. The quantitative estimate of drug-likeness (QED) is 0.236. The predicted octanol–water partition coefficient (Wildman–Crippen LogP) is 2.63. The van der Waals surface area contributed by atoms with Crippen molar-refractivity contribution in [1.29, 1.82) is 0 Å². The molecule has 0 saturated carbocycles. The summed E-state index contributed by atoms with van der Waals surface area (Å²) in [4.78, 5) is 49.7. The van der Waals surface area contributed by atoms with Gasteiger partial charge in [-0.25, -0.2) is 4.79 Å². The van der Waals surface area contributed by atoms with Gasteiger partial charge in [0.25, 0.3) is 0 Å². The number of hydrogen-bond donors (Lipinski definition) is 5. The zero-order chi connectivity index (χ0) is 22.4. The molecule has 0 aliphatic carbocycles. The van der Waals surface area contributed by atoms with Gasteiger partial charge < -0.3 is 34.2 Å². The first-order chi connectivity index (χ1) is 13.2. The molecule has 0 unspecified atom stereocenters. The van der Waals surface area contributed by atoms with E-state index in [9.17, 15) is 38.6 Å². The van der Waals surface area contributed by atoms with Crippen molar-refractivity contribution in [2.24, 2.45) is 0 Å². The van der Waals surface area contributed by atoms with Crippen LogP contribution in [0.15, 0.2) is 11.6 Å². The number of allylic oxidation sites excluding steroid dienone is 2. The number of aromatic hydroxyl groups is 1. The molecule has 1 heterocycles. The molecule has 0 aromatic heterocycles. The number of ether oxygens (including phenoxy) is 2. The minimum atomic E-state index is -5.63. The molecule has 2 rings (SSSR count). The van der Waals surface area contributed by atoms with E-state index in [0.29, 0.717) is 5.57 Å². The van der Waals surface area contributed by atoms with E-state index in [4.69, 9.17) is 9.47 Å². The lowest BCUT2D eigenvalue weighted by Crippen LogP contribution is -2.28. The molecule has 1 aromatic rings. The fourth-order valence-electron chi connectivity index (χ4n) is 3.52. The van der Waals surface area contributed by atoms with Gasteiger partial charge >= 0.3 is 21.2 Å². The molecule has 0 atom stereocenters. The van der Waals surface area contributed by atoms with Crippen LogP contribution in [0.2, 0.25) is 0 Å². The Balaban J connectivity index is 3.05. The van der Waals surface area contributed by atoms with Crippen molar-refractivity contribution in [1.82, 2.24) is 0 Å². The van der Waals surface area contributed by atoms with Gasteiger partial charge in [0, 0.05) is 5.56 Å². The van der Waals surface area contributed by atoms with E-state index >= 15 is 0 Å². The summed E-state index contributed by atoms with van der Waals surface area (Å²) in [7, 11) is -10.1. The standard InChI is InChI=1S/C17H24O10P2/c1-5-9(2)6-7-17(28(20,21)22,29(23,24)25)13-14(18)12-11(8-27-16(12)19)10(3)15(13)26-4/h5,18H,6-8H2,1-4H3,(H2,20,21,22)(H2,23,24,25). The van der Waals surface area contributed by atoms with E-state index in [0.717, 1.165) is 7.11 Å². The van der Waals surface area contributed by atoms with Crippen LogP contribution < -0.4 is 4.74 Å². The van der Waals surface area contributed by atoms with Crippen molar-refractivity contribution in [3.05, 3.63) is 33.9 Å². The predicted molar refractivity (Wildman–Crippen MR) is 103 cm³/mol. The second-order valence-electron chi connectivity index (χ2n) is 6.85. The SMILES string of the molecule is CC=C(C)CCC(c1c(O)c2c(c(C)c1OC)COC2=O)(P(=O)(O)O)P(=O)(O)O. The minimum absolute atomic E-state index is 0.0874. The summed E-state index contributed by atoms with van der Waals surface area (Å²) in [6.07, 6.45) is 0.845. The van der Waals surface area contributed by atoms with Crippen LogP contribution >= 0.6 is 15.2 Å². The van der Waals surface area contributed by atoms with Crippen LogP contribution in [0.1, 0.15) is 53.7 Å². The Morgan fingerprint density at radius 2 is 1.79 bits per heavy atom. The van der Waals surface area contributed by atoms with Crippen molar-refractivity contribution < 1.29 is 48.1 Å². The van der Waals surface area contributed by atoms with Gasteiger partial charge in [0.1, 0.15) is 23.7 Å². The number of benzene rings is 1. The Labute approximate surface area is 167 Å². The summed E-state index contributed by atoms with van der Waals surface area (Å²) < 4.78 is 35.3. The van der Waals surface area contributed by atoms with E-state index in [-0.39, 0.29) is 35.5 Å². The molecule has 0 saturated heterocycles. The number of hydrogen-bond acceptors (Lipinski definition) is 6. The third-order valence-corrected chi connectivity index (χ3v) is 9.66. The fourth-order valence-corrected chi connectivity index (χ4v) is 6.68. The zero-order valence-electron chi connectivity index (χ0n) is 16.4. The summed E-state index contributed by atoms with van der Waals surface area (Å²) in [5, 5.41) is 10.8. The van der Waals surface area contributed by atoms with Gasteiger partial charge in [-0.1, -0.05) is 11.6 Å². The largest absolute Gasteiger partial charge is 0.507 e. The second kappa shape index (κ2) is 7.87. The third-order valence-electron chi connectivity index (χ3n) is 5.28. The van der Waals surface area contributed by atoms with Crippen LogP contribution in [-0.4, -0.2) is 37.8 Å². The molecule has 5 N–H and O–H groups in total. The highest BCUT2D eigenvalue weighted by molar-refractivity contribution is 7.71. The maximum Gasteiger partial charge on any atom is 0.348 e. The summed E-state index contributed by atoms with van der Waals surface area (Å²) in [6.45, 7) is 4.54. The highest BCUT2D eigenvalue weighted by Crippen LogP contribution is 2.79. The summed E-state index contributed by atoms with van der Waals surface area (Å²) in [5.74, 6) is -2.24. The van der Waals surface area contributed by atoms with Gasteiger partial charge in [0.05, 0.1) is 12.7 Å². The number of carbonyl (C=O) groups excluding carboxylic acids is 1. The molecular formula is C17H24O10P2. The Hall–Kier alpha value is -1.67. The average Bonchev–Trinajstić information content (AvgIpc) is 2.99. The van der Waals surface area contributed by atoms with Crippen LogP contribution in [-0.2, 0) is 25.4 Å². The van der Waals surface area contributed by atoms with Gasteiger partial charge in [-0.3, -0.25) is 9.13 Å². The number of cyclic esters (lactones) is 1. The first-order valence-corrected chi connectivity index (χ1v) is 11.8. The van der Waals surface area contributed by atoms with E-state index in [1.807, 2.05) is 0 Å². The highest BCUT2D eigenvalue weighted by atomic mass is 31.2. The number of carbonyl (C=O) groups is 1. The van der Waals surface area contributed by atoms with E-state index in [1.54, 1.807) is 19.9 Å². The van der Waals surface area contributed by atoms with Crippen molar-refractivity contribution in [3.8, 4) is 11.5 Å². The lowest BCUT2D eigenvalue weighted by molar-refractivity contribution is 0.0532. The Bertz CT molecular complexity index is 947. The molecule has 1 aliphatic rings. The van der Waals surface area contributed by atoms with Crippen LogP contribution in [0.3, 0.4) is 0 Å². The third kappa shape index (κ3) is 3.65. The Morgan fingerprint density at radius 3 is 2.24 bits per heavy atom. The summed E-state index contributed by atoms with van der Waals surface area (Å²) in [6, 6.07) is 0. The summed E-state index contributed by atoms with van der Waals surface area (Å²) >= 11 is 0. The van der Waals surface area contributed by atoms with Crippen LogP contribution in [0.4, 0.5) is 0 Å². The lowest BCUT2D eigenvalue weighted by atomic mass is 9.93. The highest BCUT2D eigenvalue weighted by Gasteiger charge is 2.64. The van der Waals surface area contributed by atoms with Crippen LogP contribution in [0.25, 0.3) is 0 Å². The molecule has 1 aliphatic heterocycles. The van der Waals surface area contributed by atoms with Crippen molar-refractivity contribution in [2.75, 3.05) is 7.11 Å². The number of phenolic OH excluding ortho intramolecular Hbond substituents is 1. The number of rotatable bonds is 7. The number of fused-ring (bicyclic) bond motifs is 1.